The average molecular weight is 238 g/mol. The lowest BCUT2D eigenvalue weighted by Crippen LogP contribution is -2.44. The van der Waals surface area contributed by atoms with Crippen molar-refractivity contribution in [2.45, 2.75) is 23.9 Å². The Morgan fingerprint density at radius 3 is 3.06 bits per heavy atom. The van der Waals surface area contributed by atoms with Crippen LogP contribution < -0.4 is 10.2 Å². The molecule has 1 N–H and O–H groups in total. The normalized spacial score (nSPS) is 20.8. The van der Waals surface area contributed by atoms with E-state index in [2.05, 4.69) is 33.3 Å². The van der Waals surface area contributed by atoms with Crippen molar-refractivity contribution in [1.82, 2.24) is 15.3 Å². The second kappa shape index (κ2) is 5.50. The van der Waals surface area contributed by atoms with Crippen molar-refractivity contribution in [3.63, 3.8) is 0 Å². The molecule has 1 aromatic heterocycles. The molecule has 0 aromatic carbocycles. The van der Waals surface area contributed by atoms with Crippen molar-refractivity contribution < 1.29 is 0 Å². The first-order chi connectivity index (χ1) is 7.81. The van der Waals surface area contributed by atoms with E-state index in [0.29, 0.717) is 6.04 Å². The molecule has 0 bridgehead atoms. The van der Waals surface area contributed by atoms with Gasteiger partial charge in [0.1, 0.15) is 17.2 Å². The molecule has 1 aliphatic heterocycles. The van der Waals surface area contributed by atoms with Crippen LogP contribution in [0.4, 0.5) is 5.82 Å². The molecular weight excluding hydrogens is 220 g/mol. The van der Waals surface area contributed by atoms with Gasteiger partial charge in [-0.05, 0) is 25.6 Å². The molecule has 0 radical (unpaired) electrons. The minimum atomic E-state index is 0.554. The smallest absolute Gasteiger partial charge is 0.133 e. The molecule has 88 valence electrons. The summed E-state index contributed by atoms with van der Waals surface area (Å²) in [6, 6.07) is 2.61. The Hall–Kier alpha value is -0.810. The highest BCUT2D eigenvalue weighted by molar-refractivity contribution is 7.98. The highest BCUT2D eigenvalue weighted by Crippen LogP contribution is 2.20. The lowest BCUT2D eigenvalue weighted by molar-refractivity contribution is 0.443. The van der Waals surface area contributed by atoms with E-state index in [1.807, 2.05) is 6.26 Å². The van der Waals surface area contributed by atoms with Gasteiger partial charge in [0.2, 0.25) is 0 Å². The zero-order valence-corrected chi connectivity index (χ0v) is 10.6. The Morgan fingerprint density at radius 1 is 1.50 bits per heavy atom. The van der Waals surface area contributed by atoms with E-state index in [-0.39, 0.29) is 0 Å². The molecule has 4 nitrogen and oxygen atoms in total. The standard InChI is InChI=1S/C11H18N4S/c1-15(9-4-3-5-12-7-9)10-6-11(16-2)14-8-13-10/h6,8-9,12H,3-5,7H2,1-2H3. The summed E-state index contributed by atoms with van der Waals surface area (Å²) in [5.41, 5.74) is 0. The van der Waals surface area contributed by atoms with Crippen LogP contribution in [0.25, 0.3) is 0 Å². The highest BCUT2D eigenvalue weighted by Gasteiger charge is 2.18. The second-order valence-corrected chi connectivity index (χ2v) is 4.86. The number of anilines is 1. The fourth-order valence-electron chi connectivity index (χ4n) is 1.99. The van der Waals surface area contributed by atoms with Gasteiger partial charge in [0.05, 0.1) is 0 Å². The number of nitrogens with zero attached hydrogens (tertiary/aromatic N) is 3. The molecule has 0 spiro atoms. The molecular formula is C11H18N4S. The maximum absolute atomic E-state index is 4.34. The first-order valence-electron chi connectivity index (χ1n) is 5.61. The molecule has 5 heteroatoms. The second-order valence-electron chi connectivity index (χ2n) is 4.03. The molecule has 1 aliphatic rings. The summed E-state index contributed by atoms with van der Waals surface area (Å²) in [6.45, 7) is 2.19. The average Bonchev–Trinajstić information content (AvgIpc) is 2.39. The predicted octanol–water partition coefficient (Wildman–Crippen LogP) is 1.39. The van der Waals surface area contributed by atoms with Gasteiger partial charge in [0.15, 0.2) is 0 Å². The van der Waals surface area contributed by atoms with Crippen molar-refractivity contribution in [3.8, 4) is 0 Å². The Kier molecular flexibility index (Phi) is 4.01. The molecule has 0 saturated carbocycles. The van der Waals surface area contributed by atoms with Crippen LogP contribution in [0.2, 0.25) is 0 Å². The van der Waals surface area contributed by atoms with Crippen LogP contribution in [-0.2, 0) is 0 Å². The highest BCUT2D eigenvalue weighted by atomic mass is 32.2. The Balaban J connectivity index is 2.09. The number of hydrogen-bond donors (Lipinski definition) is 1. The number of thioether (sulfide) groups is 1. The predicted molar refractivity (Wildman–Crippen MR) is 68.1 cm³/mol. The Labute approximate surface area is 101 Å². The molecule has 16 heavy (non-hydrogen) atoms. The van der Waals surface area contributed by atoms with Crippen LogP contribution in [0.5, 0.6) is 0 Å². The summed E-state index contributed by atoms with van der Waals surface area (Å²) in [5.74, 6) is 1.02. The first-order valence-corrected chi connectivity index (χ1v) is 6.83. The topological polar surface area (TPSA) is 41.0 Å². The van der Waals surface area contributed by atoms with E-state index < -0.39 is 0 Å². The molecule has 1 atom stereocenters. The molecule has 0 amide bonds. The fraction of sp³-hybridized carbons (Fsp3) is 0.636. The van der Waals surface area contributed by atoms with Gasteiger partial charge in [-0.15, -0.1) is 11.8 Å². The van der Waals surface area contributed by atoms with Crippen molar-refractivity contribution in [1.29, 1.82) is 0 Å². The van der Waals surface area contributed by atoms with Gasteiger partial charge < -0.3 is 10.2 Å². The van der Waals surface area contributed by atoms with E-state index in [4.69, 9.17) is 0 Å². The van der Waals surface area contributed by atoms with Gasteiger partial charge >= 0.3 is 0 Å². The summed E-state index contributed by atoms with van der Waals surface area (Å²) < 4.78 is 0. The number of aromatic nitrogens is 2. The zero-order valence-electron chi connectivity index (χ0n) is 9.81. The third-order valence-electron chi connectivity index (χ3n) is 3.02. The molecule has 1 saturated heterocycles. The Bertz CT molecular complexity index is 339. The first kappa shape index (κ1) is 11.7. The van der Waals surface area contributed by atoms with Crippen molar-refractivity contribution >= 4 is 17.6 Å². The fourth-order valence-corrected chi connectivity index (χ4v) is 2.36. The monoisotopic (exact) mass is 238 g/mol. The third-order valence-corrected chi connectivity index (χ3v) is 3.66. The van der Waals surface area contributed by atoms with Gasteiger partial charge in [-0.3, -0.25) is 0 Å². The quantitative estimate of drug-likeness (QED) is 0.636. The van der Waals surface area contributed by atoms with Crippen LogP contribution in [0.1, 0.15) is 12.8 Å². The van der Waals surface area contributed by atoms with E-state index in [0.717, 1.165) is 23.9 Å². The van der Waals surface area contributed by atoms with Crippen molar-refractivity contribution in [3.05, 3.63) is 12.4 Å². The zero-order chi connectivity index (χ0) is 11.4. The van der Waals surface area contributed by atoms with Gasteiger partial charge in [-0.1, -0.05) is 0 Å². The Morgan fingerprint density at radius 2 is 2.38 bits per heavy atom. The molecule has 2 heterocycles. The molecule has 1 unspecified atom stereocenters. The molecule has 0 aliphatic carbocycles. The van der Waals surface area contributed by atoms with Crippen molar-refractivity contribution in [2.24, 2.45) is 0 Å². The maximum Gasteiger partial charge on any atom is 0.133 e. The van der Waals surface area contributed by atoms with Crippen LogP contribution in [0, 0.1) is 0 Å². The molecule has 1 aromatic rings. The lowest BCUT2D eigenvalue weighted by atomic mass is 10.1. The molecule has 1 fully saturated rings. The van der Waals surface area contributed by atoms with Crippen LogP contribution >= 0.6 is 11.8 Å². The van der Waals surface area contributed by atoms with E-state index in [9.17, 15) is 0 Å². The summed E-state index contributed by atoms with van der Waals surface area (Å²) in [6.07, 6.45) is 6.17. The summed E-state index contributed by atoms with van der Waals surface area (Å²) >= 11 is 1.65. The van der Waals surface area contributed by atoms with Gasteiger partial charge in [0, 0.05) is 25.7 Å². The van der Waals surface area contributed by atoms with Crippen molar-refractivity contribution in [2.75, 3.05) is 31.3 Å². The van der Waals surface area contributed by atoms with E-state index >= 15 is 0 Å². The number of nitrogens with one attached hydrogen (secondary N) is 1. The summed E-state index contributed by atoms with van der Waals surface area (Å²) in [7, 11) is 2.12. The number of likely N-dealkylation sites (N-methyl/N-ethyl adjacent to an activating group) is 1. The van der Waals surface area contributed by atoms with E-state index in [1.54, 1.807) is 18.1 Å². The lowest BCUT2D eigenvalue weighted by Gasteiger charge is -2.32. The van der Waals surface area contributed by atoms with E-state index in [1.165, 1.54) is 12.8 Å². The number of piperidine rings is 1. The van der Waals surface area contributed by atoms with Crippen LogP contribution in [-0.4, -0.2) is 42.4 Å². The summed E-state index contributed by atoms with van der Waals surface area (Å²) in [4.78, 5) is 10.8. The van der Waals surface area contributed by atoms with Gasteiger partial charge in [0.25, 0.3) is 0 Å². The van der Waals surface area contributed by atoms with Crippen LogP contribution in [0.15, 0.2) is 17.4 Å². The molecule has 2 rings (SSSR count). The number of hydrogen-bond acceptors (Lipinski definition) is 5. The van der Waals surface area contributed by atoms with Gasteiger partial charge in [-0.25, -0.2) is 9.97 Å². The summed E-state index contributed by atoms with van der Waals surface area (Å²) in [5, 5.41) is 4.45. The number of rotatable bonds is 3. The van der Waals surface area contributed by atoms with Crippen LogP contribution in [0.3, 0.4) is 0 Å². The maximum atomic E-state index is 4.34. The third kappa shape index (κ3) is 2.65. The largest absolute Gasteiger partial charge is 0.355 e. The minimum Gasteiger partial charge on any atom is -0.355 e. The SMILES string of the molecule is CSc1cc(N(C)C2CCCNC2)ncn1. The minimum absolute atomic E-state index is 0.554. The van der Waals surface area contributed by atoms with Gasteiger partial charge in [-0.2, -0.15) is 0 Å².